The summed E-state index contributed by atoms with van der Waals surface area (Å²) < 4.78 is 0. The Morgan fingerprint density at radius 2 is 2.10 bits per heavy atom. The smallest absolute Gasteiger partial charge is 0.0574 e. The molecule has 0 spiro atoms. The molecule has 2 rings (SSSR count). The minimum Gasteiger partial charge on any atom is -0.370 e. The number of aromatic nitrogens is 1. The largest absolute Gasteiger partial charge is 0.370 e. The van der Waals surface area contributed by atoms with E-state index in [1.807, 2.05) is 0 Å². The molecule has 1 aliphatic carbocycles. The first-order valence-corrected chi connectivity index (χ1v) is 8.22. The van der Waals surface area contributed by atoms with Crippen molar-refractivity contribution in [2.24, 2.45) is 5.92 Å². The molecule has 1 aromatic heterocycles. The Morgan fingerprint density at radius 3 is 2.60 bits per heavy atom. The van der Waals surface area contributed by atoms with Crippen LogP contribution in [0.3, 0.4) is 0 Å². The molecule has 1 aromatic rings. The van der Waals surface area contributed by atoms with E-state index in [1.54, 1.807) is 0 Å². The number of nitrogens with one attached hydrogen (secondary N) is 1. The monoisotopic (exact) mass is 275 g/mol. The van der Waals surface area contributed by atoms with Crippen molar-refractivity contribution in [2.75, 3.05) is 24.5 Å². The van der Waals surface area contributed by atoms with Crippen LogP contribution in [0.25, 0.3) is 0 Å². The van der Waals surface area contributed by atoms with Crippen molar-refractivity contribution in [3.63, 3.8) is 0 Å². The van der Waals surface area contributed by atoms with Gasteiger partial charge in [-0.3, -0.25) is 4.98 Å². The summed E-state index contributed by atoms with van der Waals surface area (Å²) in [5.41, 5.74) is 2.45. The molecule has 3 heteroatoms. The van der Waals surface area contributed by atoms with Crippen molar-refractivity contribution in [2.45, 2.75) is 52.5 Å². The molecule has 1 unspecified atom stereocenters. The van der Waals surface area contributed by atoms with E-state index >= 15 is 0 Å². The van der Waals surface area contributed by atoms with Crippen LogP contribution in [0.4, 0.5) is 5.69 Å². The zero-order valence-electron chi connectivity index (χ0n) is 13.2. The maximum atomic E-state index is 4.70. The molecule has 20 heavy (non-hydrogen) atoms. The average Bonchev–Trinajstić information content (AvgIpc) is 3.30. The Bertz CT molecular complexity index is 384. The minimum absolute atomic E-state index is 0.391. The van der Waals surface area contributed by atoms with Crippen LogP contribution in [0.2, 0.25) is 0 Å². The Balaban J connectivity index is 1.99. The summed E-state index contributed by atoms with van der Waals surface area (Å²) in [4.78, 5) is 7.15. The SMILES string of the molecule is CCCNC(CC)c1ccc(N(CC)CC2CC2)cn1. The number of anilines is 1. The first kappa shape index (κ1) is 15.3. The normalized spacial score (nSPS) is 16.1. The van der Waals surface area contributed by atoms with Crippen molar-refractivity contribution in [1.82, 2.24) is 10.3 Å². The zero-order valence-corrected chi connectivity index (χ0v) is 13.2. The highest BCUT2D eigenvalue weighted by Gasteiger charge is 2.24. The van der Waals surface area contributed by atoms with E-state index in [-0.39, 0.29) is 0 Å². The molecule has 0 aromatic carbocycles. The predicted octanol–water partition coefficient (Wildman–Crippen LogP) is 3.77. The van der Waals surface area contributed by atoms with Gasteiger partial charge in [0.2, 0.25) is 0 Å². The average molecular weight is 275 g/mol. The molecule has 1 fully saturated rings. The molecule has 0 aliphatic heterocycles. The Hall–Kier alpha value is -1.09. The van der Waals surface area contributed by atoms with Crippen molar-refractivity contribution in [1.29, 1.82) is 0 Å². The highest BCUT2D eigenvalue weighted by molar-refractivity contribution is 5.45. The maximum Gasteiger partial charge on any atom is 0.0574 e. The highest BCUT2D eigenvalue weighted by Crippen LogP contribution is 2.31. The van der Waals surface area contributed by atoms with Crippen LogP contribution < -0.4 is 10.2 Å². The molecule has 1 saturated carbocycles. The van der Waals surface area contributed by atoms with Gasteiger partial charge in [-0.1, -0.05) is 13.8 Å². The van der Waals surface area contributed by atoms with Gasteiger partial charge in [0.25, 0.3) is 0 Å². The third-order valence-corrected chi connectivity index (χ3v) is 4.10. The fourth-order valence-corrected chi connectivity index (χ4v) is 2.60. The number of hydrogen-bond donors (Lipinski definition) is 1. The molecule has 1 atom stereocenters. The van der Waals surface area contributed by atoms with Gasteiger partial charge in [0, 0.05) is 19.1 Å². The second-order valence-corrected chi connectivity index (χ2v) is 5.84. The first-order chi connectivity index (χ1) is 9.78. The van der Waals surface area contributed by atoms with E-state index in [2.05, 4.69) is 49.3 Å². The molecule has 1 heterocycles. The maximum absolute atomic E-state index is 4.70. The molecule has 3 nitrogen and oxygen atoms in total. The van der Waals surface area contributed by atoms with E-state index in [4.69, 9.17) is 4.98 Å². The van der Waals surface area contributed by atoms with E-state index in [0.717, 1.165) is 25.4 Å². The molecule has 0 saturated heterocycles. The van der Waals surface area contributed by atoms with Gasteiger partial charge in [0.05, 0.1) is 17.6 Å². The van der Waals surface area contributed by atoms with Crippen LogP contribution >= 0.6 is 0 Å². The zero-order chi connectivity index (χ0) is 14.4. The minimum atomic E-state index is 0.391. The quantitative estimate of drug-likeness (QED) is 0.743. The number of rotatable bonds is 9. The van der Waals surface area contributed by atoms with Crippen molar-refractivity contribution in [3.05, 3.63) is 24.0 Å². The van der Waals surface area contributed by atoms with Crippen LogP contribution in [0.15, 0.2) is 18.3 Å². The lowest BCUT2D eigenvalue weighted by Crippen LogP contribution is -2.26. The summed E-state index contributed by atoms with van der Waals surface area (Å²) >= 11 is 0. The molecule has 1 aliphatic rings. The van der Waals surface area contributed by atoms with Crippen LogP contribution in [0, 0.1) is 5.92 Å². The van der Waals surface area contributed by atoms with Gasteiger partial charge in [-0.15, -0.1) is 0 Å². The summed E-state index contributed by atoms with van der Waals surface area (Å²) in [5, 5.41) is 3.56. The lowest BCUT2D eigenvalue weighted by Gasteiger charge is -2.23. The molecule has 1 N–H and O–H groups in total. The Kier molecular flexibility index (Phi) is 5.84. The van der Waals surface area contributed by atoms with E-state index < -0.39 is 0 Å². The van der Waals surface area contributed by atoms with Gasteiger partial charge in [-0.25, -0.2) is 0 Å². The number of nitrogens with zero attached hydrogens (tertiary/aromatic N) is 2. The Labute approximate surface area is 123 Å². The van der Waals surface area contributed by atoms with Gasteiger partial charge in [0.1, 0.15) is 0 Å². The fraction of sp³-hybridized carbons (Fsp3) is 0.706. The number of hydrogen-bond acceptors (Lipinski definition) is 3. The van der Waals surface area contributed by atoms with E-state index in [0.29, 0.717) is 6.04 Å². The molecule has 0 amide bonds. The first-order valence-electron chi connectivity index (χ1n) is 8.22. The van der Waals surface area contributed by atoms with Crippen LogP contribution in [0.1, 0.15) is 58.2 Å². The van der Waals surface area contributed by atoms with Crippen molar-refractivity contribution in [3.8, 4) is 0 Å². The highest BCUT2D eigenvalue weighted by atomic mass is 15.1. The number of pyridine rings is 1. The van der Waals surface area contributed by atoms with Gasteiger partial charge >= 0.3 is 0 Å². The predicted molar refractivity (Wildman–Crippen MR) is 86.2 cm³/mol. The van der Waals surface area contributed by atoms with Crippen LogP contribution in [0.5, 0.6) is 0 Å². The molecule has 0 radical (unpaired) electrons. The lowest BCUT2D eigenvalue weighted by atomic mass is 10.1. The summed E-state index contributed by atoms with van der Waals surface area (Å²) in [5.74, 6) is 0.921. The van der Waals surface area contributed by atoms with Gasteiger partial charge < -0.3 is 10.2 Å². The lowest BCUT2D eigenvalue weighted by molar-refractivity contribution is 0.507. The summed E-state index contributed by atoms with van der Waals surface area (Å²) in [6.07, 6.45) is 7.12. The molecular formula is C17H29N3. The molecule has 0 bridgehead atoms. The second-order valence-electron chi connectivity index (χ2n) is 5.84. The summed E-state index contributed by atoms with van der Waals surface area (Å²) in [6.45, 7) is 9.98. The third-order valence-electron chi connectivity index (χ3n) is 4.10. The molecular weight excluding hydrogens is 246 g/mol. The van der Waals surface area contributed by atoms with E-state index in [9.17, 15) is 0 Å². The van der Waals surface area contributed by atoms with Gasteiger partial charge in [-0.05, 0) is 57.2 Å². The van der Waals surface area contributed by atoms with Gasteiger partial charge in [-0.2, -0.15) is 0 Å². The van der Waals surface area contributed by atoms with Gasteiger partial charge in [0.15, 0.2) is 0 Å². The summed E-state index contributed by atoms with van der Waals surface area (Å²) in [6, 6.07) is 4.83. The van der Waals surface area contributed by atoms with Crippen LogP contribution in [-0.4, -0.2) is 24.6 Å². The van der Waals surface area contributed by atoms with Crippen molar-refractivity contribution < 1.29 is 0 Å². The van der Waals surface area contributed by atoms with Crippen molar-refractivity contribution >= 4 is 5.69 Å². The third kappa shape index (κ3) is 4.20. The second kappa shape index (κ2) is 7.63. The summed E-state index contributed by atoms with van der Waals surface area (Å²) in [7, 11) is 0. The fourth-order valence-electron chi connectivity index (χ4n) is 2.60. The Morgan fingerprint density at radius 1 is 1.30 bits per heavy atom. The molecule has 112 valence electrons. The standard InChI is InChI=1S/C17H29N3/c1-4-11-18-16(5-2)17-10-9-15(12-19-17)20(6-3)13-14-7-8-14/h9-10,12,14,16,18H,4-8,11,13H2,1-3H3. The topological polar surface area (TPSA) is 28.2 Å². The van der Waals surface area contributed by atoms with E-state index in [1.165, 1.54) is 37.2 Å². The van der Waals surface area contributed by atoms with Crippen LogP contribution in [-0.2, 0) is 0 Å².